The quantitative estimate of drug-likeness (QED) is 0.825. The van der Waals surface area contributed by atoms with E-state index in [-0.39, 0.29) is 0 Å². The third kappa shape index (κ3) is 3.09. The number of hydrogen-bond acceptors (Lipinski definition) is 1. The monoisotopic (exact) mass is 271 g/mol. The van der Waals surface area contributed by atoms with Crippen molar-refractivity contribution in [1.82, 2.24) is 5.32 Å². The zero-order chi connectivity index (χ0) is 13.9. The van der Waals surface area contributed by atoms with Gasteiger partial charge in [-0.1, -0.05) is 57.0 Å². The van der Waals surface area contributed by atoms with Crippen LogP contribution in [-0.4, -0.2) is 12.6 Å². The standard InChI is InChI=1S/C19H29N/c1-3-20-19(16-11-7-8-14(2)12-16)18-13-17(18)15-9-5-4-6-10-15/h4-6,9-10,14,16-20H,3,7-8,11-13H2,1-2H3. The van der Waals surface area contributed by atoms with Crippen LogP contribution in [0.1, 0.15) is 57.4 Å². The van der Waals surface area contributed by atoms with Crippen LogP contribution in [0.25, 0.3) is 0 Å². The summed E-state index contributed by atoms with van der Waals surface area (Å²) in [5, 5.41) is 3.83. The lowest BCUT2D eigenvalue weighted by Crippen LogP contribution is -2.40. The maximum absolute atomic E-state index is 3.83. The van der Waals surface area contributed by atoms with Crippen molar-refractivity contribution in [3.05, 3.63) is 35.9 Å². The first kappa shape index (κ1) is 14.1. The fourth-order valence-electron chi connectivity index (χ4n) is 4.41. The van der Waals surface area contributed by atoms with Crippen LogP contribution in [0.15, 0.2) is 30.3 Å². The Kier molecular flexibility index (Phi) is 4.45. The Balaban J connectivity index is 1.66. The van der Waals surface area contributed by atoms with Crippen LogP contribution in [0.2, 0.25) is 0 Å². The van der Waals surface area contributed by atoms with Gasteiger partial charge in [-0.2, -0.15) is 0 Å². The van der Waals surface area contributed by atoms with Gasteiger partial charge in [0.05, 0.1) is 0 Å². The molecule has 2 fully saturated rings. The van der Waals surface area contributed by atoms with Crippen molar-refractivity contribution in [3.63, 3.8) is 0 Å². The van der Waals surface area contributed by atoms with E-state index in [1.807, 2.05) is 0 Å². The van der Waals surface area contributed by atoms with Gasteiger partial charge in [0.2, 0.25) is 0 Å². The van der Waals surface area contributed by atoms with E-state index in [0.29, 0.717) is 0 Å². The molecule has 1 heteroatoms. The summed E-state index contributed by atoms with van der Waals surface area (Å²) in [6, 6.07) is 11.9. The Bertz CT molecular complexity index is 413. The molecule has 3 rings (SSSR count). The lowest BCUT2D eigenvalue weighted by atomic mass is 9.77. The largest absolute Gasteiger partial charge is 0.314 e. The van der Waals surface area contributed by atoms with Gasteiger partial charge in [0.15, 0.2) is 0 Å². The average Bonchev–Trinajstić information content (AvgIpc) is 3.26. The molecule has 1 aromatic rings. The van der Waals surface area contributed by atoms with Crippen molar-refractivity contribution < 1.29 is 0 Å². The molecule has 5 unspecified atom stereocenters. The van der Waals surface area contributed by atoms with Gasteiger partial charge in [-0.05, 0) is 55.0 Å². The van der Waals surface area contributed by atoms with Crippen LogP contribution < -0.4 is 5.32 Å². The molecule has 1 N–H and O–H groups in total. The van der Waals surface area contributed by atoms with Gasteiger partial charge < -0.3 is 5.32 Å². The molecule has 0 spiro atoms. The summed E-state index contributed by atoms with van der Waals surface area (Å²) in [7, 11) is 0. The molecule has 0 aliphatic heterocycles. The van der Waals surface area contributed by atoms with Gasteiger partial charge in [0.25, 0.3) is 0 Å². The molecule has 0 aromatic heterocycles. The normalized spacial score (nSPS) is 34.7. The molecular formula is C19H29N. The van der Waals surface area contributed by atoms with E-state index in [4.69, 9.17) is 0 Å². The van der Waals surface area contributed by atoms with E-state index < -0.39 is 0 Å². The summed E-state index contributed by atoms with van der Waals surface area (Å²) in [5.41, 5.74) is 1.56. The minimum Gasteiger partial charge on any atom is -0.314 e. The van der Waals surface area contributed by atoms with Gasteiger partial charge in [-0.15, -0.1) is 0 Å². The lowest BCUT2D eigenvalue weighted by Gasteiger charge is -2.34. The van der Waals surface area contributed by atoms with Gasteiger partial charge in [0, 0.05) is 6.04 Å². The molecule has 1 nitrogen and oxygen atoms in total. The maximum atomic E-state index is 3.83. The van der Waals surface area contributed by atoms with Gasteiger partial charge in [-0.3, -0.25) is 0 Å². The molecule has 0 amide bonds. The number of rotatable bonds is 5. The van der Waals surface area contributed by atoms with Crippen molar-refractivity contribution in [1.29, 1.82) is 0 Å². The lowest BCUT2D eigenvalue weighted by molar-refractivity contribution is 0.207. The van der Waals surface area contributed by atoms with E-state index in [9.17, 15) is 0 Å². The zero-order valence-corrected chi connectivity index (χ0v) is 13.0. The molecule has 2 saturated carbocycles. The van der Waals surface area contributed by atoms with E-state index in [0.717, 1.165) is 36.3 Å². The maximum Gasteiger partial charge on any atom is 0.0130 e. The number of benzene rings is 1. The second-order valence-electron chi connectivity index (χ2n) is 7.03. The highest BCUT2D eigenvalue weighted by Gasteiger charge is 2.46. The first-order chi connectivity index (χ1) is 9.79. The van der Waals surface area contributed by atoms with Crippen molar-refractivity contribution in [3.8, 4) is 0 Å². The Labute approximate surface area is 124 Å². The molecular weight excluding hydrogens is 242 g/mol. The van der Waals surface area contributed by atoms with Gasteiger partial charge in [0.1, 0.15) is 0 Å². The van der Waals surface area contributed by atoms with Crippen molar-refractivity contribution in [2.24, 2.45) is 17.8 Å². The van der Waals surface area contributed by atoms with E-state index in [1.54, 1.807) is 5.56 Å². The molecule has 0 heterocycles. The first-order valence-corrected chi connectivity index (χ1v) is 8.58. The minimum atomic E-state index is 0.757. The molecule has 2 aliphatic rings. The number of hydrogen-bond donors (Lipinski definition) is 1. The fourth-order valence-corrected chi connectivity index (χ4v) is 4.41. The highest BCUT2D eigenvalue weighted by molar-refractivity contribution is 5.27. The molecule has 20 heavy (non-hydrogen) atoms. The molecule has 0 saturated heterocycles. The second-order valence-corrected chi connectivity index (χ2v) is 7.03. The van der Waals surface area contributed by atoms with Crippen LogP contribution in [0.4, 0.5) is 0 Å². The summed E-state index contributed by atoms with van der Waals surface area (Å²) in [5.74, 6) is 3.55. The summed E-state index contributed by atoms with van der Waals surface area (Å²) >= 11 is 0. The smallest absolute Gasteiger partial charge is 0.0130 e. The zero-order valence-electron chi connectivity index (χ0n) is 13.0. The SMILES string of the molecule is CCNC(C1CCCC(C)C1)C1CC1c1ccccc1. The Morgan fingerprint density at radius 2 is 1.95 bits per heavy atom. The highest BCUT2D eigenvalue weighted by atomic mass is 14.9. The Morgan fingerprint density at radius 3 is 2.65 bits per heavy atom. The fraction of sp³-hybridized carbons (Fsp3) is 0.684. The molecule has 2 aliphatic carbocycles. The van der Waals surface area contributed by atoms with Crippen molar-refractivity contribution >= 4 is 0 Å². The third-order valence-corrected chi connectivity index (χ3v) is 5.45. The number of nitrogens with one attached hydrogen (secondary N) is 1. The molecule has 110 valence electrons. The van der Waals surface area contributed by atoms with Crippen molar-refractivity contribution in [2.75, 3.05) is 6.54 Å². The van der Waals surface area contributed by atoms with Crippen LogP contribution in [0.3, 0.4) is 0 Å². The second kappa shape index (κ2) is 6.30. The Morgan fingerprint density at radius 1 is 1.15 bits per heavy atom. The average molecular weight is 271 g/mol. The van der Waals surface area contributed by atoms with Crippen LogP contribution >= 0.6 is 0 Å². The van der Waals surface area contributed by atoms with Gasteiger partial charge in [-0.25, -0.2) is 0 Å². The van der Waals surface area contributed by atoms with Crippen molar-refractivity contribution in [2.45, 2.75) is 57.9 Å². The van der Waals surface area contributed by atoms with Crippen LogP contribution in [0.5, 0.6) is 0 Å². The molecule has 5 atom stereocenters. The highest BCUT2D eigenvalue weighted by Crippen LogP contribution is 2.52. The van der Waals surface area contributed by atoms with Crippen LogP contribution in [0, 0.1) is 17.8 Å². The molecule has 1 aromatic carbocycles. The van der Waals surface area contributed by atoms with Gasteiger partial charge >= 0.3 is 0 Å². The summed E-state index contributed by atoms with van der Waals surface area (Å²) < 4.78 is 0. The molecule has 0 radical (unpaired) electrons. The van der Waals surface area contributed by atoms with E-state index in [1.165, 1.54) is 32.1 Å². The van der Waals surface area contributed by atoms with Crippen LogP contribution in [-0.2, 0) is 0 Å². The third-order valence-electron chi connectivity index (χ3n) is 5.45. The van der Waals surface area contributed by atoms with E-state index >= 15 is 0 Å². The predicted molar refractivity (Wildman–Crippen MR) is 85.9 cm³/mol. The summed E-state index contributed by atoms with van der Waals surface area (Å²) in [6.45, 7) is 5.82. The Hall–Kier alpha value is -0.820. The topological polar surface area (TPSA) is 12.0 Å². The van der Waals surface area contributed by atoms with E-state index in [2.05, 4.69) is 49.5 Å². The summed E-state index contributed by atoms with van der Waals surface area (Å²) in [4.78, 5) is 0. The first-order valence-electron chi connectivity index (χ1n) is 8.58. The molecule has 0 bridgehead atoms. The predicted octanol–water partition coefficient (Wildman–Crippen LogP) is 4.59. The minimum absolute atomic E-state index is 0.757. The summed E-state index contributed by atoms with van der Waals surface area (Å²) in [6.07, 6.45) is 7.17.